The quantitative estimate of drug-likeness (QED) is 0.945. The first-order valence-corrected chi connectivity index (χ1v) is 7.15. The first kappa shape index (κ1) is 14.6. The molecule has 0 saturated carbocycles. The SMILES string of the molecule is CNC(=O)[C@@H]1CCCN1c1nc(C(F)F)nc2ccccc12. The Balaban J connectivity index is 2.14. The van der Waals surface area contributed by atoms with Crippen LogP contribution in [0.3, 0.4) is 0 Å². The van der Waals surface area contributed by atoms with Crippen LogP contribution in [-0.2, 0) is 4.79 Å². The van der Waals surface area contributed by atoms with Crippen LogP contribution in [0.5, 0.6) is 0 Å². The Kier molecular flexibility index (Phi) is 3.87. The number of anilines is 1. The fourth-order valence-corrected chi connectivity index (χ4v) is 2.85. The van der Waals surface area contributed by atoms with Gasteiger partial charge in [0.2, 0.25) is 5.91 Å². The van der Waals surface area contributed by atoms with Crippen LogP contribution in [0.2, 0.25) is 0 Å². The van der Waals surface area contributed by atoms with Gasteiger partial charge < -0.3 is 10.2 Å². The summed E-state index contributed by atoms with van der Waals surface area (Å²) in [6, 6.07) is 6.64. The van der Waals surface area contributed by atoms with E-state index in [0.717, 1.165) is 6.42 Å². The van der Waals surface area contributed by atoms with E-state index in [4.69, 9.17) is 0 Å². The van der Waals surface area contributed by atoms with Gasteiger partial charge >= 0.3 is 0 Å². The monoisotopic (exact) mass is 306 g/mol. The van der Waals surface area contributed by atoms with Crippen LogP contribution in [0.4, 0.5) is 14.6 Å². The molecule has 5 nitrogen and oxygen atoms in total. The Bertz CT molecular complexity index is 707. The van der Waals surface area contributed by atoms with Gasteiger partial charge in [0.1, 0.15) is 11.9 Å². The molecule has 1 aliphatic rings. The summed E-state index contributed by atoms with van der Waals surface area (Å²) in [5.41, 5.74) is 0.463. The zero-order valence-electron chi connectivity index (χ0n) is 12.1. The van der Waals surface area contributed by atoms with E-state index in [1.165, 1.54) is 0 Å². The predicted octanol–water partition coefficient (Wildman–Crippen LogP) is 2.28. The number of para-hydroxylation sites is 1. The highest BCUT2D eigenvalue weighted by molar-refractivity contribution is 5.93. The largest absolute Gasteiger partial charge is 0.357 e. The molecule has 7 heteroatoms. The van der Waals surface area contributed by atoms with Crippen molar-refractivity contribution in [3.63, 3.8) is 0 Å². The first-order chi connectivity index (χ1) is 10.6. The lowest BCUT2D eigenvalue weighted by atomic mass is 10.2. The maximum absolute atomic E-state index is 13.1. The number of hydrogen-bond donors (Lipinski definition) is 1. The standard InChI is InChI=1S/C15H16F2N4O/c1-18-15(22)11-7-4-8-21(11)14-9-5-2-3-6-10(9)19-13(20-14)12(16)17/h2-3,5-6,11-12H,4,7-8H2,1H3,(H,18,22)/t11-/m0/s1. The van der Waals surface area contributed by atoms with Crippen LogP contribution in [-0.4, -0.2) is 35.5 Å². The zero-order valence-corrected chi connectivity index (χ0v) is 12.1. The molecule has 1 aromatic heterocycles. The highest BCUT2D eigenvalue weighted by Crippen LogP contribution is 2.31. The molecule has 1 amide bonds. The van der Waals surface area contributed by atoms with Crippen molar-refractivity contribution in [1.82, 2.24) is 15.3 Å². The average Bonchev–Trinajstić information content (AvgIpc) is 3.02. The van der Waals surface area contributed by atoms with Gasteiger partial charge in [0.25, 0.3) is 6.43 Å². The van der Waals surface area contributed by atoms with Gasteiger partial charge in [-0.15, -0.1) is 0 Å². The average molecular weight is 306 g/mol. The molecule has 22 heavy (non-hydrogen) atoms. The predicted molar refractivity (Wildman–Crippen MR) is 78.9 cm³/mol. The summed E-state index contributed by atoms with van der Waals surface area (Å²) in [6.45, 7) is 0.613. The lowest BCUT2D eigenvalue weighted by Gasteiger charge is -2.25. The van der Waals surface area contributed by atoms with Crippen molar-refractivity contribution < 1.29 is 13.6 Å². The van der Waals surface area contributed by atoms with Crippen molar-refractivity contribution in [3.8, 4) is 0 Å². The van der Waals surface area contributed by atoms with Crippen LogP contribution in [0.25, 0.3) is 10.9 Å². The van der Waals surface area contributed by atoms with E-state index >= 15 is 0 Å². The summed E-state index contributed by atoms with van der Waals surface area (Å²) < 4.78 is 26.1. The van der Waals surface area contributed by atoms with Gasteiger partial charge in [0.15, 0.2) is 5.82 Å². The van der Waals surface area contributed by atoms with Gasteiger partial charge in [-0.1, -0.05) is 12.1 Å². The third kappa shape index (κ3) is 2.47. The summed E-state index contributed by atoms with van der Waals surface area (Å²) in [4.78, 5) is 21.8. The fourth-order valence-electron chi connectivity index (χ4n) is 2.85. The first-order valence-electron chi connectivity index (χ1n) is 7.15. The third-order valence-corrected chi connectivity index (χ3v) is 3.87. The molecule has 116 valence electrons. The van der Waals surface area contributed by atoms with Crippen LogP contribution < -0.4 is 10.2 Å². The summed E-state index contributed by atoms with van der Waals surface area (Å²) >= 11 is 0. The molecule has 0 bridgehead atoms. The van der Waals surface area contributed by atoms with Crippen molar-refractivity contribution in [2.24, 2.45) is 0 Å². The number of aromatic nitrogens is 2. The molecule has 1 saturated heterocycles. The summed E-state index contributed by atoms with van der Waals surface area (Å²) in [5.74, 6) is -0.220. The van der Waals surface area contributed by atoms with Gasteiger partial charge in [-0.3, -0.25) is 4.79 Å². The van der Waals surface area contributed by atoms with Crippen LogP contribution in [0.15, 0.2) is 24.3 Å². The number of halogens is 2. The smallest absolute Gasteiger partial charge is 0.297 e. The Labute approximate surface area is 126 Å². The molecule has 2 heterocycles. The Morgan fingerprint density at radius 2 is 2.14 bits per heavy atom. The minimum Gasteiger partial charge on any atom is -0.357 e. The van der Waals surface area contributed by atoms with Crippen LogP contribution >= 0.6 is 0 Å². The van der Waals surface area contributed by atoms with Crippen LogP contribution in [0.1, 0.15) is 25.1 Å². The van der Waals surface area contributed by atoms with E-state index in [2.05, 4.69) is 15.3 Å². The topological polar surface area (TPSA) is 58.1 Å². The van der Waals surface area contributed by atoms with Crippen molar-refractivity contribution in [2.75, 3.05) is 18.5 Å². The molecule has 0 radical (unpaired) electrons. The van der Waals surface area contributed by atoms with E-state index in [0.29, 0.717) is 29.7 Å². The Morgan fingerprint density at radius 3 is 2.86 bits per heavy atom. The van der Waals surface area contributed by atoms with Crippen molar-refractivity contribution in [1.29, 1.82) is 0 Å². The highest BCUT2D eigenvalue weighted by atomic mass is 19.3. The molecule has 1 atom stereocenters. The molecular formula is C15H16F2N4O. The van der Waals surface area contributed by atoms with E-state index < -0.39 is 12.2 Å². The Hall–Kier alpha value is -2.31. The van der Waals surface area contributed by atoms with E-state index in [-0.39, 0.29) is 11.9 Å². The molecule has 1 aliphatic heterocycles. The third-order valence-electron chi connectivity index (χ3n) is 3.87. The number of fused-ring (bicyclic) bond motifs is 1. The molecule has 1 aromatic carbocycles. The fraction of sp³-hybridized carbons (Fsp3) is 0.400. The second kappa shape index (κ2) is 5.82. The van der Waals surface area contributed by atoms with E-state index in [1.54, 1.807) is 30.1 Å². The number of benzene rings is 1. The second-order valence-electron chi connectivity index (χ2n) is 5.19. The number of hydrogen-bond acceptors (Lipinski definition) is 4. The summed E-state index contributed by atoms with van der Waals surface area (Å²) in [7, 11) is 1.57. The number of nitrogens with zero attached hydrogens (tertiary/aromatic N) is 3. The van der Waals surface area contributed by atoms with Crippen LogP contribution in [0, 0.1) is 0 Å². The summed E-state index contributed by atoms with van der Waals surface area (Å²) in [5, 5.41) is 3.30. The zero-order chi connectivity index (χ0) is 15.7. The summed E-state index contributed by atoms with van der Waals surface area (Å²) in [6.07, 6.45) is -1.24. The van der Waals surface area contributed by atoms with Crippen molar-refractivity contribution >= 4 is 22.6 Å². The Morgan fingerprint density at radius 1 is 1.36 bits per heavy atom. The highest BCUT2D eigenvalue weighted by Gasteiger charge is 2.32. The number of amides is 1. The van der Waals surface area contributed by atoms with Crippen molar-refractivity contribution in [3.05, 3.63) is 30.1 Å². The van der Waals surface area contributed by atoms with Gasteiger partial charge in [-0.2, -0.15) is 0 Å². The van der Waals surface area contributed by atoms with E-state index in [9.17, 15) is 13.6 Å². The minimum atomic E-state index is -2.75. The molecule has 2 aromatic rings. The molecule has 0 spiro atoms. The maximum Gasteiger partial charge on any atom is 0.297 e. The van der Waals surface area contributed by atoms with E-state index in [1.807, 2.05) is 6.07 Å². The molecule has 1 fully saturated rings. The van der Waals surface area contributed by atoms with Gasteiger partial charge in [-0.05, 0) is 25.0 Å². The van der Waals surface area contributed by atoms with Crippen molar-refractivity contribution in [2.45, 2.75) is 25.3 Å². The number of nitrogens with one attached hydrogen (secondary N) is 1. The number of alkyl halides is 2. The second-order valence-corrected chi connectivity index (χ2v) is 5.19. The molecule has 0 aliphatic carbocycles. The van der Waals surface area contributed by atoms with Gasteiger partial charge in [0.05, 0.1) is 5.52 Å². The lowest BCUT2D eigenvalue weighted by Crippen LogP contribution is -2.42. The maximum atomic E-state index is 13.1. The number of rotatable bonds is 3. The minimum absolute atomic E-state index is 0.126. The number of likely N-dealkylation sites (N-methyl/N-ethyl adjacent to an activating group) is 1. The van der Waals surface area contributed by atoms with Gasteiger partial charge in [0, 0.05) is 19.0 Å². The normalized spacial score (nSPS) is 18.2. The molecule has 3 rings (SSSR count). The molecule has 0 unspecified atom stereocenters. The lowest BCUT2D eigenvalue weighted by molar-refractivity contribution is -0.121. The molecule has 1 N–H and O–H groups in total. The number of carbonyl (C=O) groups is 1. The number of carbonyl (C=O) groups excluding carboxylic acids is 1. The molecular weight excluding hydrogens is 290 g/mol. The van der Waals surface area contributed by atoms with Gasteiger partial charge in [-0.25, -0.2) is 18.7 Å².